The second kappa shape index (κ2) is 15.7. The summed E-state index contributed by atoms with van der Waals surface area (Å²) in [6.07, 6.45) is 9.60. The van der Waals surface area contributed by atoms with Crippen molar-refractivity contribution in [1.82, 2.24) is 20.4 Å². The topological polar surface area (TPSA) is 82.6 Å². The largest absolute Gasteiger partial charge is 0.494 e. The molecule has 3 heterocycles. The van der Waals surface area contributed by atoms with Crippen LogP contribution in [0.5, 0.6) is 11.5 Å². The Morgan fingerprint density at radius 3 is 1.48 bits per heavy atom. The van der Waals surface area contributed by atoms with Crippen LogP contribution in [0.2, 0.25) is 0 Å². The molecular formula is C41H42N4O3P2. The minimum Gasteiger partial charge on any atom is -0.494 e. The van der Waals surface area contributed by atoms with Gasteiger partial charge in [0, 0.05) is 22.3 Å². The third kappa shape index (κ3) is 8.89. The molecule has 0 amide bonds. The third-order valence-corrected chi connectivity index (χ3v) is 11.9. The van der Waals surface area contributed by atoms with Crippen molar-refractivity contribution < 1.29 is 14.2 Å². The molecule has 2 fully saturated rings. The molecule has 1 aliphatic carbocycles. The van der Waals surface area contributed by atoms with Gasteiger partial charge in [0.2, 0.25) is 0 Å². The lowest BCUT2D eigenvalue weighted by atomic mass is 10.1. The van der Waals surface area contributed by atoms with Crippen molar-refractivity contribution in [3.8, 4) is 55.5 Å². The van der Waals surface area contributed by atoms with E-state index in [4.69, 9.17) is 14.2 Å². The van der Waals surface area contributed by atoms with E-state index in [9.17, 15) is 0 Å². The number of hydrogen-bond donors (Lipinski definition) is 0. The van der Waals surface area contributed by atoms with Gasteiger partial charge in [-0.05, 0) is 117 Å². The summed E-state index contributed by atoms with van der Waals surface area (Å²) in [5.74, 6) is 2.59. The zero-order valence-electron chi connectivity index (χ0n) is 28.2. The van der Waals surface area contributed by atoms with Crippen LogP contribution in [-0.2, 0) is 17.6 Å². The van der Waals surface area contributed by atoms with Crippen molar-refractivity contribution in [3.63, 3.8) is 0 Å². The maximum absolute atomic E-state index is 6.05. The molecule has 6 aromatic rings. The first-order chi connectivity index (χ1) is 24.7. The highest BCUT2D eigenvalue weighted by Crippen LogP contribution is 2.37. The van der Waals surface area contributed by atoms with Gasteiger partial charge in [0.1, 0.15) is 33.2 Å². The summed E-state index contributed by atoms with van der Waals surface area (Å²) in [5, 5.41) is 18.0. The van der Waals surface area contributed by atoms with Gasteiger partial charge in [0.15, 0.2) is 0 Å². The SMILES string of the molecule is c1cc(-c2nnc(-c3ccc(OCC4CC4)cc3)[pH]2)ccc1CCCCCOc1ccc(-c2nnc(-c3ccc(CCC4CO4)cc3)[pH]2)cc1. The molecule has 1 saturated carbocycles. The molecule has 2 aromatic heterocycles. The van der Waals surface area contributed by atoms with Crippen molar-refractivity contribution >= 4 is 16.4 Å². The maximum Gasteiger partial charge on any atom is 0.119 e. The fourth-order valence-electron chi connectivity index (χ4n) is 5.98. The zero-order valence-corrected chi connectivity index (χ0v) is 30.2. The molecule has 0 N–H and O–H groups in total. The molecule has 0 bridgehead atoms. The summed E-state index contributed by atoms with van der Waals surface area (Å²) in [7, 11) is 0.914. The average molecular weight is 701 g/mol. The summed E-state index contributed by atoms with van der Waals surface area (Å²) in [6.45, 7) is 2.47. The number of epoxide rings is 1. The van der Waals surface area contributed by atoms with Crippen molar-refractivity contribution in [1.29, 1.82) is 0 Å². The van der Waals surface area contributed by atoms with E-state index in [0.29, 0.717) is 22.5 Å². The molecule has 0 radical (unpaired) electrons. The maximum atomic E-state index is 6.05. The fraction of sp³-hybridized carbons (Fsp3) is 0.317. The lowest BCUT2D eigenvalue weighted by molar-refractivity contribution is 0.300. The van der Waals surface area contributed by atoms with E-state index in [0.717, 1.165) is 120 Å². The van der Waals surface area contributed by atoms with Gasteiger partial charge in [-0.3, -0.25) is 0 Å². The number of rotatable bonds is 17. The Labute approximate surface area is 297 Å². The van der Waals surface area contributed by atoms with Crippen LogP contribution in [0.15, 0.2) is 97.1 Å². The molecule has 4 aromatic carbocycles. The highest BCUT2D eigenvalue weighted by molar-refractivity contribution is 7.37. The van der Waals surface area contributed by atoms with E-state index in [2.05, 4.69) is 93.2 Å². The molecule has 50 heavy (non-hydrogen) atoms. The first-order valence-corrected chi connectivity index (χ1v) is 19.8. The van der Waals surface area contributed by atoms with Gasteiger partial charge in [-0.2, -0.15) is 0 Å². The van der Waals surface area contributed by atoms with Gasteiger partial charge in [0.05, 0.1) is 25.9 Å². The van der Waals surface area contributed by atoms with Crippen LogP contribution in [0.25, 0.3) is 44.0 Å². The predicted molar refractivity (Wildman–Crippen MR) is 204 cm³/mol. The lowest BCUT2D eigenvalue weighted by Crippen LogP contribution is -1.98. The number of aryl methyl sites for hydroxylation is 2. The smallest absolute Gasteiger partial charge is 0.119 e. The minimum absolute atomic E-state index is 0.454. The van der Waals surface area contributed by atoms with Gasteiger partial charge in [-0.25, -0.2) is 0 Å². The summed E-state index contributed by atoms with van der Waals surface area (Å²) in [6, 6.07) is 34.2. The van der Waals surface area contributed by atoms with Crippen LogP contribution in [0.3, 0.4) is 0 Å². The molecule has 3 atom stereocenters. The van der Waals surface area contributed by atoms with Gasteiger partial charge in [-0.15, -0.1) is 20.4 Å². The number of hydrogen-bond acceptors (Lipinski definition) is 7. The number of aromatic nitrogens is 4. The zero-order chi connectivity index (χ0) is 33.5. The number of unbranched alkanes of at least 4 members (excludes halogenated alkanes) is 2. The van der Waals surface area contributed by atoms with Crippen molar-refractivity contribution in [3.05, 3.63) is 108 Å². The number of benzene rings is 4. The fourth-order valence-corrected chi connectivity index (χ4v) is 8.07. The Kier molecular flexibility index (Phi) is 10.3. The van der Waals surface area contributed by atoms with E-state index in [1.165, 1.54) is 24.0 Å². The van der Waals surface area contributed by atoms with Crippen LogP contribution in [-0.4, -0.2) is 46.3 Å². The van der Waals surface area contributed by atoms with Crippen molar-refractivity contribution in [2.45, 2.75) is 57.5 Å². The molecule has 7 nitrogen and oxygen atoms in total. The van der Waals surface area contributed by atoms with Crippen molar-refractivity contribution in [2.75, 3.05) is 19.8 Å². The molecule has 1 aliphatic heterocycles. The van der Waals surface area contributed by atoms with Crippen molar-refractivity contribution in [2.24, 2.45) is 5.92 Å². The third-order valence-electron chi connectivity index (χ3n) is 9.40. The van der Waals surface area contributed by atoms with Gasteiger partial charge in [0.25, 0.3) is 0 Å². The monoisotopic (exact) mass is 700 g/mol. The first-order valence-electron chi connectivity index (χ1n) is 17.8. The molecule has 254 valence electrons. The number of nitrogens with zero attached hydrogens (tertiary/aromatic N) is 4. The standard InChI is InChI=1S/C41H42N4O3P2/c1(2-4-28-7-12-31(13-8-28)38-42-45-41(49-38)34-18-23-36(24-19-34)47-26-30-5-6-30)3-25-46-35-21-16-33(17-22-35)40-44-43-39(50-40)32-14-9-29(10-15-32)11-20-37-27-48-37/h7-10,12-19,21-24,30,37,49-50H,1-6,11,20,25-27H2. The quantitative estimate of drug-likeness (QED) is 0.0692. The second-order valence-corrected chi connectivity index (χ2v) is 15.8. The van der Waals surface area contributed by atoms with E-state index in [1.54, 1.807) is 0 Å². The van der Waals surface area contributed by atoms with Crippen LogP contribution >= 0.6 is 16.4 Å². The Balaban J connectivity index is 0.741. The molecule has 3 unspecified atom stereocenters. The average Bonchev–Trinajstić information content (AvgIpc) is 4.08. The summed E-state index contributed by atoms with van der Waals surface area (Å²) >= 11 is 0. The highest BCUT2D eigenvalue weighted by atomic mass is 31.0. The van der Waals surface area contributed by atoms with Crippen LogP contribution in [0.1, 0.15) is 49.7 Å². The van der Waals surface area contributed by atoms with Gasteiger partial charge < -0.3 is 14.2 Å². The van der Waals surface area contributed by atoms with Gasteiger partial charge in [-0.1, -0.05) is 64.9 Å². The summed E-state index contributed by atoms with van der Waals surface area (Å²) in [4.78, 5) is 0. The van der Waals surface area contributed by atoms with E-state index in [1.807, 2.05) is 24.3 Å². The first kappa shape index (κ1) is 32.9. The molecule has 1 saturated heterocycles. The van der Waals surface area contributed by atoms with E-state index >= 15 is 0 Å². The summed E-state index contributed by atoms with van der Waals surface area (Å²) in [5.41, 5.74) is 11.4. The van der Waals surface area contributed by atoms with Crippen LogP contribution in [0.4, 0.5) is 0 Å². The molecule has 8 rings (SSSR count). The molecule has 0 spiro atoms. The Hall–Kier alpha value is -4.28. The van der Waals surface area contributed by atoms with Crippen LogP contribution < -0.4 is 9.47 Å². The lowest BCUT2D eigenvalue weighted by Gasteiger charge is -2.07. The number of ether oxygens (including phenoxy) is 3. The molecular weight excluding hydrogens is 658 g/mol. The van der Waals surface area contributed by atoms with E-state index in [-0.39, 0.29) is 0 Å². The Morgan fingerprint density at radius 2 is 1.00 bits per heavy atom. The van der Waals surface area contributed by atoms with Gasteiger partial charge >= 0.3 is 0 Å². The Morgan fingerprint density at radius 1 is 0.540 bits per heavy atom. The van der Waals surface area contributed by atoms with E-state index < -0.39 is 0 Å². The normalized spacial score (nSPS) is 15.6. The minimum atomic E-state index is 0.454. The second-order valence-electron chi connectivity index (χ2n) is 13.4. The van der Waals surface area contributed by atoms with Crippen LogP contribution in [0, 0.1) is 5.92 Å². The predicted octanol–water partition coefficient (Wildman–Crippen LogP) is 9.91. The Bertz CT molecular complexity index is 1820. The molecule has 2 aliphatic rings. The summed E-state index contributed by atoms with van der Waals surface area (Å²) < 4.78 is 17.3. The molecule has 9 heteroatoms. The highest BCUT2D eigenvalue weighted by Gasteiger charge is 2.22.